The zero-order valence-corrected chi connectivity index (χ0v) is 18.8. The van der Waals surface area contributed by atoms with Gasteiger partial charge in [0.25, 0.3) is 0 Å². The molecule has 0 saturated carbocycles. The Morgan fingerprint density at radius 2 is 1.67 bits per heavy atom. The van der Waals surface area contributed by atoms with E-state index in [0.717, 1.165) is 12.1 Å². The van der Waals surface area contributed by atoms with Crippen molar-refractivity contribution < 1.29 is 28.2 Å². The van der Waals surface area contributed by atoms with Crippen LogP contribution >= 0.6 is 15.9 Å². The van der Waals surface area contributed by atoms with Crippen LogP contribution in [0.2, 0.25) is 0 Å². The first kappa shape index (κ1) is 23.6. The molecule has 10 heteroatoms. The summed E-state index contributed by atoms with van der Waals surface area (Å²) >= 11 is 3.32. The van der Waals surface area contributed by atoms with Gasteiger partial charge in [0.15, 0.2) is 0 Å². The van der Waals surface area contributed by atoms with Crippen molar-refractivity contribution in [2.45, 2.75) is 0 Å². The number of benzene rings is 3. The van der Waals surface area contributed by atoms with Gasteiger partial charge >= 0.3 is 17.8 Å². The number of hydrogen-bond acceptors (Lipinski definition) is 6. The summed E-state index contributed by atoms with van der Waals surface area (Å²) in [6, 6.07) is 16.1. The molecule has 3 aromatic carbocycles. The molecule has 0 saturated heterocycles. The smallest absolute Gasteiger partial charge is 0.343 e. The topological polar surface area (TPSA) is 106 Å². The lowest BCUT2D eigenvalue weighted by Crippen LogP contribution is -2.32. The molecule has 0 atom stereocenters. The summed E-state index contributed by atoms with van der Waals surface area (Å²) in [5.74, 6) is -2.31. The van der Waals surface area contributed by atoms with E-state index in [0.29, 0.717) is 21.3 Å². The number of nitrogens with zero attached hydrogens (tertiary/aromatic N) is 1. The van der Waals surface area contributed by atoms with Crippen molar-refractivity contribution in [1.29, 1.82) is 0 Å². The average molecular weight is 514 g/mol. The molecule has 0 unspecified atom stereocenters. The van der Waals surface area contributed by atoms with E-state index in [1.165, 1.54) is 25.5 Å². The summed E-state index contributed by atoms with van der Waals surface area (Å²) in [6.07, 6.45) is 1.23. The summed E-state index contributed by atoms with van der Waals surface area (Å²) in [6.45, 7) is 0. The number of halogens is 2. The lowest BCUT2D eigenvalue weighted by atomic mass is 10.2. The number of carbonyl (C=O) groups excluding carboxylic acids is 3. The number of hydrogen-bond donors (Lipinski definition) is 2. The van der Waals surface area contributed by atoms with Gasteiger partial charge in [0, 0.05) is 15.7 Å². The van der Waals surface area contributed by atoms with Gasteiger partial charge in [-0.15, -0.1) is 0 Å². The average Bonchev–Trinajstić information content (AvgIpc) is 2.82. The molecule has 0 aromatic heterocycles. The van der Waals surface area contributed by atoms with E-state index in [-0.39, 0.29) is 11.4 Å². The highest BCUT2D eigenvalue weighted by molar-refractivity contribution is 9.10. The van der Waals surface area contributed by atoms with Crippen LogP contribution in [0.4, 0.5) is 10.1 Å². The Morgan fingerprint density at radius 1 is 0.970 bits per heavy atom. The Bertz CT molecular complexity index is 1200. The van der Waals surface area contributed by atoms with E-state index >= 15 is 0 Å². The number of hydrazone groups is 1. The maximum atomic E-state index is 12.9. The van der Waals surface area contributed by atoms with Crippen molar-refractivity contribution in [1.82, 2.24) is 5.43 Å². The van der Waals surface area contributed by atoms with Gasteiger partial charge in [-0.25, -0.2) is 14.6 Å². The maximum Gasteiger partial charge on any atom is 0.343 e. The number of anilines is 1. The molecule has 0 spiro atoms. The Balaban J connectivity index is 1.65. The van der Waals surface area contributed by atoms with Gasteiger partial charge < -0.3 is 14.8 Å². The molecule has 168 valence electrons. The van der Waals surface area contributed by atoms with Crippen molar-refractivity contribution in [3.63, 3.8) is 0 Å². The third-order valence-corrected chi connectivity index (χ3v) is 4.67. The minimum absolute atomic E-state index is 0.188. The predicted octanol–water partition coefficient (Wildman–Crippen LogP) is 3.90. The molecule has 0 heterocycles. The maximum absolute atomic E-state index is 12.9. The van der Waals surface area contributed by atoms with Crippen molar-refractivity contribution in [3.8, 4) is 11.5 Å². The third-order valence-electron chi connectivity index (χ3n) is 4.18. The molecule has 8 nitrogen and oxygen atoms in total. The van der Waals surface area contributed by atoms with Gasteiger partial charge in [0.05, 0.1) is 18.9 Å². The van der Waals surface area contributed by atoms with Gasteiger partial charge in [-0.3, -0.25) is 9.59 Å². The third kappa shape index (κ3) is 6.71. The quantitative estimate of drug-likeness (QED) is 0.171. The summed E-state index contributed by atoms with van der Waals surface area (Å²) in [5.41, 5.74) is 3.01. The van der Waals surface area contributed by atoms with E-state index < -0.39 is 23.6 Å². The molecule has 0 radical (unpaired) electrons. The van der Waals surface area contributed by atoms with E-state index in [2.05, 4.69) is 31.8 Å². The molecule has 2 N–H and O–H groups in total. The van der Waals surface area contributed by atoms with Crippen molar-refractivity contribution in [3.05, 3.63) is 88.1 Å². The van der Waals surface area contributed by atoms with E-state index in [1.807, 2.05) is 0 Å². The first-order valence-corrected chi connectivity index (χ1v) is 10.2. The highest BCUT2D eigenvalue weighted by Gasteiger charge is 2.14. The number of nitrogens with one attached hydrogen (secondary N) is 2. The fourth-order valence-corrected chi connectivity index (χ4v) is 2.91. The van der Waals surface area contributed by atoms with Crippen LogP contribution in [0, 0.1) is 5.82 Å². The molecule has 33 heavy (non-hydrogen) atoms. The second-order valence-electron chi connectivity index (χ2n) is 6.46. The Hall–Kier alpha value is -4.05. The molecule has 2 amide bonds. The van der Waals surface area contributed by atoms with Crippen LogP contribution in [0.15, 0.2) is 76.3 Å². The monoisotopic (exact) mass is 513 g/mol. The lowest BCUT2D eigenvalue weighted by Gasteiger charge is -2.08. The molecule has 3 rings (SSSR count). The summed E-state index contributed by atoms with van der Waals surface area (Å²) < 4.78 is 24.1. The zero-order valence-electron chi connectivity index (χ0n) is 17.2. The number of rotatable bonds is 6. The molecular weight excluding hydrogens is 497 g/mol. The standard InChI is InChI=1S/C23H17BrFN3O5/c1-32-19-9-2-14(3-10-19)23(31)33-20-11-4-16(24)12-15(20)13-26-28-22(30)21(29)27-18-7-5-17(25)6-8-18/h2-13H,1H3,(H,27,29)(H,28,30)/b26-13+. The second-order valence-corrected chi connectivity index (χ2v) is 7.38. The van der Waals surface area contributed by atoms with Gasteiger partial charge in [-0.05, 0) is 66.7 Å². The van der Waals surface area contributed by atoms with Crippen LogP contribution in [0.3, 0.4) is 0 Å². The summed E-state index contributed by atoms with van der Waals surface area (Å²) in [7, 11) is 1.52. The largest absolute Gasteiger partial charge is 0.497 e. The van der Waals surface area contributed by atoms with Crippen LogP contribution in [0.1, 0.15) is 15.9 Å². The van der Waals surface area contributed by atoms with Crippen molar-refractivity contribution >= 4 is 45.6 Å². The Labute approximate surface area is 196 Å². The fraction of sp³-hybridized carbons (Fsp3) is 0.0435. The first-order chi connectivity index (χ1) is 15.9. The highest BCUT2D eigenvalue weighted by Crippen LogP contribution is 2.23. The molecule has 0 aliphatic heterocycles. The van der Waals surface area contributed by atoms with Crippen LogP contribution < -0.4 is 20.2 Å². The first-order valence-electron chi connectivity index (χ1n) is 9.41. The Morgan fingerprint density at radius 3 is 2.33 bits per heavy atom. The fourth-order valence-electron chi connectivity index (χ4n) is 2.53. The van der Waals surface area contributed by atoms with Crippen LogP contribution in [0.5, 0.6) is 11.5 Å². The summed E-state index contributed by atoms with van der Waals surface area (Å²) in [5, 5.41) is 6.06. The van der Waals surface area contributed by atoms with Gasteiger partial charge in [0.2, 0.25) is 0 Å². The molecular formula is C23H17BrFN3O5. The zero-order chi connectivity index (χ0) is 23.8. The number of esters is 1. The minimum atomic E-state index is -1.04. The highest BCUT2D eigenvalue weighted by atomic mass is 79.9. The molecule has 0 bridgehead atoms. The van der Waals surface area contributed by atoms with Gasteiger partial charge in [-0.1, -0.05) is 15.9 Å². The number of carbonyl (C=O) groups is 3. The van der Waals surface area contributed by atoms with Gasteiger partial charge in [-0.2, -0.15) is 5.10 Å². The number of ether oxygens (including phenoxy) is 2. The molecule has 0 fully saturated rings. The Kier molecular flexibility index (Phi) is 7.87. The van der Waals surface area contributed by atoms with Crippen LogP contribution in [0.25, 0.3) is 0 Å². The van der Waals surface area contributed by atoms with E-state index in [1.54, 1.807) is 42.5 Å². The second kappa shape index (κ2) is 11.0. The minimum Gasteiger partial charge on any atom is -0.497 e. The molecule has 0 aliphatic rings. The SMILES string of the molecule is COc1ccc(C(=O)Oc2ccc(Br)cc2/C=N/NC(=O)C(=O)Nc2ccc(F)cc2)cc1. The molecule has 3 aromatic rings. The van der Waals surface area contributed by atoms with Gasteiger partial charge in [0.1, 0.15) is 17.3 Å². The van der Waals surface area contributed by atoms with E-state index in [9.17, 15) is 18.8 Å². The predicted molar refractivity (Wildman–Crippen MR) is 123 cm³/mol. The molecule has 0 aliphatic carbocycles. The lowest BCUT2D eigenvalue weighted by molar-refractivity contribution is -0.136. The van der Waals surface area contributed by atoms with Crippen LogP contribution in [-0.2, 0) is 9.59 Å². The van der Waals surface area contributed by atoms with Crippen molar-refractivity contribution in [2.75, 3.05) is 12.4 Å². The van der Waals surface area contributed by atoms with Crippen LogP contribution in [-0.4, -0.2) is 31.1 Å². The normalized spacial score (nSPS) is 10.5. The van der Waals surface area contributed by atoms with E-state index in [4.69, 9.17) is 9.47 Å². The number of methoxy groups -OCH3 is 1. The number of amides is 2. The summed E-state index contributed by atoms with van der Waals surface area (Å²) in [4.78, 5) is 36.3. The van der Waals surface area contributed by atoms with Crippen molar-refractivity contribution in [2.24, 2.45) is 5.10 Å².